The molecule has 0 bridgehead atoms. The van der Waals surface area contributed by atoms with Gasteiger partial charge in [-0.15, -0.1) is 0 Å². The molecule has 1 saturated carbocycles. The van der Waals surface area contributed by atoms with Crippen LogP contribution in [0.3, 0.4) is 0 Å². The number of ether oxygens (including phenoxy) is 1. The summed E-state index contributed by atoms with van der Waals surface area (Å²) in [5, 5.41) is 0. The molecule has 3 rings (SSSR count). The highest BCUT2D eigenvalue weighted by atomic mass is 28.3. The molecule has 0 N–H and O–H groups in total. The molecular formula is C24H38F2OSi. The molecule has 0 aromatic heterocycles. The summed E-state index contributed by atoms with van der Waals surface area (Å²) in [5.41, 5.74) is 0.562. The van der Waals surface area contributed by atoms with Crippen LogP contribution in [-0.2, 0) is 0 Å². The van der Waals surface area contributed by atoms with Crippen molar-refractivity contribution in [2.24, 2.45) is 11.8 Å². The number of benzene rings is 1. The molecule has 28 heavy (non-hydrogen) atoms. The van der Waals surface area contributed by atoms with Gasteiger partial charge >= 0.3 is 0 Å². The van der Waals surface area contributed by atoms with Gasteiger partial charge in [0.25, 0.3) is 0 Å². The fourth-order valence-corrected chi connectivity index (χ4v) is 9.19. The van der Waals surface area contributed by atoms with E-state index >= 15 is 0 Å². The third-order valence-corrected chi connectivity index (χ3v) is 10.9. The number of halogens is 2. The highest BCUT2D eigenvalue weighted by Crippen LogP contribution is 2.44. The average molecular weight is 409 g/mol. The van der Waals surface area contributed by atoms with Gasteiger partial charge in [-0.25, -0.2) is 4.39 Å². The van der Waals surface area contributed by atoms with E-state index < -0.39 is 20.4 Å². The third-order valence-electron chi connectivity index (χ3n) is 7.36. The van der Waals surface area contributed by atoms with Crippen LogP contribution >= 0.6 is 0 Å². The van der Waals surface area contributed by atoms with Crippen LogP contribution in [0.1, 0.15) is 83.1 Å². The van der Waals surface area contributed by atoms with Crippen molar-refractivity contribution in [3.8, 4) is 5.75 Å². The first kappa shape index (κ1) is 21.8. The summed E-state index contributed by atoms with van der Waals surface area (Å²) in [4.78, 5) is 0. The Labute approximate surface area is 171 Å². The van der Waals surface area contributed by atoms with Crippen molar-refractivity contribution in [3.63, 3.8) is 0 Å². The van der Waals surface area contributed by atoms with Crippen LogP contribution in [0.25, 0.3) is 0 Å². The first-order valence-corrected chi connectivity index (χ1v) is 14.2. The zero-order valence-electron chi connectivity index (χ0n) is 17.8. The van der Waals surface area contributed by atoms with Gasteiger partial charge in [0, 0.05) is 8.80 Å². The maximum Gasteiger partial charge on any atom is 0.200 e. The normalized spacial score (nSPS) is 28.3. The summed E-state index contributed by atoms with van der Waals surface area (Å²) in [6.45, 7) is 4.43. The molecule has 1 aliphatic carbocycles. The molecule has 0 atom stereocenters. The van der Waals surface area contributed by atoms with E-state index in [1.165, 1.54) is 44.9 Å². The zero-order valence-corrected chi connectivity index (χ0v) is 19.0. The molecule has 0 radical (unpaired) electrons. The Morgan fingerprint density at radius 1 is 0.893 bits per heavy atom. The molecule has 1 aromatic rings. The van der Waals surface area contributed by atoms with E-state index in [0.29, 0.717) is 12.2 Å². The molecule has 1 nitrogen and oxygen atoms in total. The molecule has 1 heterocycles. The fourth-order valence-electron chi connectivity index (χ4n) is 5.66. The van der Waals surface area contributed by atoms with Crippen LogP contribution in [0.5, 0.6) is 5.75 Å². The number of hydrogen-bond acceptors (Lipinski definition) is 1. The van der Waals surface area contributed by atoms with Gasteiger partial charge in [0.1, 0.15) is 0 Å². The van der Waals surface area contributed by atoms with Crippen LogP contribution in [0.15, 0.2) is 12.1 Å². The van der Waals surface area contributed by atoms with Crippen LogP contribution in [0, 0.1) is 23.5 Å². The first-order valence-electron chi connectivity index (χ1n) is 11.7. The Balaban J connectivity index is 1.48. The lowest BCUT2D eigenvalue weighted by Crippen LogP contribution is -2.28. The second kappa shape index (κ2) is 10.8. The summed E-state index contributed by atoms with van der Waals surface area (Å²) in [7, 11) is -0.439. The van der Waals surface area contributed by atoms with E-state index in [4.69, 9.17) is 4.74 Å². The first-order chi connectivity index (χ1) is 13.6. The Hall–Kier alpha value is -0.903. The second-order valence-electron chi connectivity index (χ2n) is 9.10. The van der Waals surface area contributed by atoms with Crippen LogP contribution in [0.2, 0.25) is 18.1 Å². The lowest BCUT2D eigenvalue weighted by molar-refractivity contribution is 0.214. The third kappa shape index (κ3) is 5.37. The number of hydrogen-bond donors (Lipinski definition) is 0. The largest absolute Gasteiger partial charge is 0.491 e. The van der Waals surface area contributed by atoms with Gasteiger partial charge in [-0.3, -0.25) is 0 Å². The van der Waals surface area contributed by atoms with E-state index in [0.717, 1.165) is 24.7 Å². The van der Waals surface area contributed by atoms with E-state index in [2.05, 4.69) is 6.92 Å². The SMILES string of the molecule is CCCCC[Si@H]1CC[C@H](C2CCC(c3ccc(OCC)c(F)c3F)CC2)CC1. The topological polar surface area (TPSA) is 9.23 Å². The van der Waals surface area contributed by atoms with Gasteiger partial charge in [0.2, 0.25) is 5.82 Å². The minimum absolute atomic E-state index is 0.0392. The Bertz CT molecular complexity index is 605. The van der Waals surface area contributed by atoms with Gasteiger partial charge in [-0.05, 0) is 62.0 Å². The molecule has 2 aliphatic rings. The standard InChI is InChI=1S/C24H38F2OSi/c1-3-5-6-15-28-16-13-19(14-17-28)18-7-9-20(10-8-18)21-11-12-22(27-4-2)24(26)23(21)25/h11-12,18-20,28H,3-10,13-17H2,1-2H3/t18?,19-,20?,28-. The van der Waals surface area contributed by atoms with Crippen molar-refractivity contribution in [1.29, 1.82) is 0 Å². The summed E-state index contributed by atoms with van der Waals surface area (Å²) in [6.07, 6.45) is 11.5. The number of unbranched alkanes of at least 4 members (excludes halogenated alkanes) is 2. The van der Waals surface area contributed by atoms with Gasteiger partial charge in [-0.2, -0.15) is 4.39 Å². The predicted molar refractivity (Wildman–Crippen MR) is 116 cm³/mol. The highest BCUT2D eigenvalue weighted by molar-refractivity contribution is 6.58. The summed E-state index contributed by atoms with van der Waals surface area (Å²) in [6, 6.07) is 8.02. The molecule has 158 valence electrons. The Morgan fingerprint density at radius 2 is 1.57 bits per heavy atom. The quantitative estimate of drug-likeness (QED) is 0.320. The lowest BCUT2D eigenvalue weighted by Gasteiger charge is -2.37. The van der Waals surface area contributed by atoms with Gasteiger partial charge in [-0.1, -0.05) is 63.2 Å². The highest BCUT2D eigenvalue weighted by Gasteiger charge is 2.32. The monoisotopic (exact) mass is 408 g/mol. The molecule has 0 unspecified atom stereocenters. The Morgan fingerprint density at radius 3 is 2.21 bits per heavy atom. The molecule has 1 saturated heterocycles. The van der Waals surface area contributed by atoms with Crippen molar-refractivity contribution < 1.29 is 13.5 Å². The van der Waals surface area contributed by atoms with E-state index in [1.54, 1.807) is 37.2 Å². The molecule has 0 spiro atoms. The summed E-state index contributed by atoms with van der Waals surface area (Å²) in [5.74, 6) is 0.425. The van der Waals surface area contributed by atoms with Crippen LogP contribution in [-0.4, -0.2) is 15.4 Å². The van der Waals surface area contributed by atoms with Crippen LogP contribution < -0.4 is 4.74 Å². The molecule has 4 heteroatoms. The van der Waals surface area contributed by atoms with E-state index in [1.807, 2.05) is 0 Å². The molecule has 1 aromatic carbocycles. The Kier molecular flexibility index (Phi) is 8.37. The van der Waals surface area contributed by atoms with Gasteiger partial charge in [0.15, 0.2) is 11.6 Å². The second-order valence-corrected chi connectivity index (χ2v) is 12.6. The van der Waals surface area contributed by atoms with Crippen molar-refractivity contribution in [3.05, 3.63) is 29.3 Å². The maximum atomic E-state index is 14.5. The van der Waals surface area contributed by atoms with E-state index in [9.17, 15) is 8.78 Å². The molecule has 1 aliphatic heterocycles. The molecular weight excluding hydrogens is 370 g/mol. The molecule has 2 fully saturated rings. The van der Waals surface area contributed by atoms with Crippen LogP contribution in [0.4, 0.5) is 8.78 Å². The maximum absolute atomic E-state index is 14.5. The summed E-state index contributed by atoms with van der Waals surface area (Å²) >= 11 is 0. The lowest BCUT2D eigenvalue weighted by atomic mass is 9.72. The zero-order chi connectivity index (χ0) is 19.9. The van der Waals surface area contributed by atoms with Gasteiger partial charge in [0.05, 0.1) is 6.61 Å². The minimum atomic E-state index is -0.812. The number of rotatable bonds is 8. The van der Waals surface area contributed by atoms with Crippen molar-refractivity contribution in [1.82, 2.24) is 0 Å². The minimum Gasteiger partial charge on any atom is -0.491 e. The average Bonchev–Trinajstić information content (AvgIpc) is 2.73. The van der Waals surface area contributed by atoms with Crippen molar-refractivity contribution >= 4 is 8.80 Å². The smallest absolute Gasteiger partial charge is 0.200 e. The van der Waals surface area contributed by atoms with Crippen molar-refractivity contribution in [2.45, 2.75) is 95.7 Å². The predicted octanol–water partition coefficient (Wildman–Crippen LogP) is 7.46. The van der Waals surface area contributed by atoms with Gasteiger partial charge < -0.3 is 4.74 Å². The summed E-state index contributed by atoms with van der Waals surface area (Å²) < 4.78 is 33.9. The fraction of sp³-hybridized carbons (Fsp3) is 0.750. The molecule has 0 amide bonds. The van der Waals surface area contributed by atoms with Crippen molar-refractivity contribution in [2.75, 3.05) is 6.61 Å². The van der Waals surface area contributed by atoms with E-state index in [-0.39, 0.29) is 11.7 Å².